The summed E-state index contributed by atoms with van der Waals surface area (Å²) in [5.41, 5.74) is 7.44. The predicted molar refractivity (Wildman–Crippen MR) is 47.2 cm³/mol. The van der Waals surface area contributed by atoms with Gasteiger partial charge < -0.3 is 5.73 Å². The van der Waals surface area contributed by atoms with Crippen molar-refractivity contribution in [1.82, 2.24) is 5.48 Å². The number of hydrogen-bond acceptors (Lipinski definition) is 3. The van der Waals surface area contributed by atoms with Crippen molar-refractivity contribution in [2.75, 3.05) is 13.2 Å². The summed E-state index contributed by atoms with van der Waals surface area (Å²) >= 11 is 0. The normalized spacial score (nSPS) is 9.42. The molecule has 0 spiro atoms. The Hall–Kier alpha value is -0.870. The molecule has 0 aromatic carbocycles. The van der Waals surface area contributed by atoms with Crippen LogP contribution < -0.4 is 11.2 Å². The highest BCUT2D eigenvalue weighted by atomic mass is 16.6. The summed E-state index contributed by atoms with van der Waals surface area (Å²) in [6.45, 7) is 4.43. The first-order valence-corrected chi connectivity index (χ1v) is 4.03. The number of rotatable bonds is 7. The van der Waals surface area contributed by atoms with E-state index in [0.29, 0.717) is 19.6 Å². The van der Waals surface area contributed by atoms with E-state index < -0.39 is 0 Å². The Labute approximate surface area is 72.7 Å². The molecule has 70 valence electrons. The van der Waals surface area contributed by atoms with Gasteiger partial charge in [0.25, 0.3) is 0 Å². The summed E-state index contributed by atoms with van der Waals surface area (Å²) < 4.78 is 0. The quantitative estimate of drug-likeness (QED) is 0.331. The van der Waals surface area contributed by atoms with Crippen LogP contribution in [0.4, 0.5) is 0 Å². The Morgan fingerprint density at radius 2 is 2.42 bits per heavy atom. The molecule has 0 aliphatic carbocycles. The molecule has 0 aromatic heterocycles. The fourth-order valence-electron chi connectivity index (χ4n) is 0.613. The van der Waals surface area contributed by atoms with Crippen LogP contribution >= 0.6 is 0 Å². The zero-order valence-corrected chi connectivity index (χ0v) is 7.21. The number of carbonyl (C=O) groups excluding carboxylic acids is 1. The molecule has 0 rings (SSSR count). The van der Waals surface area contributed by atoms with E-state index >= 15 is 0 Å². The number of unbranched alkanes of at least 4 members (excludes halogenated alkanes) is 1. The van der Waals surface area contributed by atoms with E-state index in [9.17, 15) is 4.79 Å². The largest absolute Gasteiger partial charge is 0.330 e. The summed E-state index contributed by atoms with van der Waals surface area (Å²) in [6.07, 6.45) is 3.88. The van der Waals surface area contributed by atoms with Crippen LogP contribution in [0.5, 0.6) is 0 Å². The molecule has 0 heterocycles. The standard InChI is InChI=1S/C8H16N2O2/c1-2-3-4-7-12-10-8(11)5-6-9/h2H,1,3-7,9H2,(H,10,11). The van der Waals surface area contributed by atoms with Gasteiger partial charge in [-0.1, -0.05) is 6.08 Å². The molecule has 4 heteroatoms. The van der Waals surface area contributed by atoms with Crippen molar-refractivity contribution in [3.63, 3.8) is 0 Å². The molecule has 0 saturated carbocycles. The van der Waals surface area contributed by atoms with Crippen LogP contribution in [-0.4, -0.2) is 19.1 Å². The Kier molecular flexibility index (Phi) is 7.63. The van der Waals surface area contributed by atoms with E-state index in [-0.39, 0.29) is 5.91 Å². The first-order valence-electron chi connectivity index (χ1n) is 4.03. The summed E-state index contributed by atoms with van der Waals surface area (Å²) in [4.78, 5) is 15.6. The van der Waals surface area contributed by atoms with Crippen molar-refractivity contribution >= 4 is 5.91 Å². The highest BCUT2D eigenvalue weighted by Crippen LogP contribution is 1.88. The third-order valence-electron chi connectivity index (χ3n) is 1.21. The zero-order chi connectivity index (χ0) is 9.23. The molecule has 0 fully saturated rings. The maximum atomic E-state index is 10.7. The minimum absolute atomic E-state index is 0.170. The fraction of sp³-hybridized carbons (Fsp3) is 0.625. The van der Waals surface area contributed by atoms with Crippen molar-refractivity contribution in [3.8, 4) is 0 Å². The molecule has 0 aliphatic rings. The molecule has 0 unspecified atom stereocenters. The number of allylic oxidation sites excluding steroid dienone is 1. The summed E-state index contributed by atoms with van der Waals surface area (Å²) in [5, 5.41) is 0. The summed E-state index contributed by atoms with van der Waals surface area (Å²) in [6, 6.07) is 0. The van der Waals surface area contributed by atoms with Crippen molar-refractivity contribution in [2.45, 2.75) is 19.3 Å². The molecule has 1 amide bonds. The van der Waals surface area contributed by atoms with Gasteiger partial charge in [-0.05, 0) is 12.8 Å². The van der Waals surface area contributed by atoms with Gasteiger partial charge in [-0.3, -0.25) is 9.63 Å². The molecule has 0 atom stereocenters. The van der Waals surface area contributed by atoms with Crippen LogP contribution in [0.1, 0.15) is 19.3 Å². The van der Waals surface area contributed by atoms with Crippen molar-refractivity contribution in [3.05, 3.63) is 12.7 Å². The van der Waals surface area contributed by atoms with E-state index in [4.69, 9.17) is 10.6 Å². The van der Waals surface area contributed by atoms with E-state index in [1.165, 1.54) is 0 Å². The van der Waals surface area contributed by atoms with E-state index in [0.717, 1.165) is 12.8 Å². The van der Waals surface area contributed by atoms with Gasteiger partial charge in [0, 0.05) is 13.0 Å². The topological polar surface area (TPSA) is 64.3 Å². The first kappa shape index (κ1) is 11.1. The number of hydroxylamine groups is 1. The average Bonchev–Trinajstić information content (AvgIpc) is 2.05. The third kappa shape index (κ3) is 7.24. The van der Waals surface area contributed by atoms with Crippen molar-refractivity contribution in [1.29, 1.82) is 0 Å². The minimum atomic E-state index is -0.170. The fourth-order valence-corrected chi connectivity index (χ4v) is 0.613. The van der Waals surface area contributed by atoms with Gasteiger partial charge in [0.2, 0.25) is 5.91 Å². The summed E-state index contributed by atoms with van der Waals surface area (Å²) in [5.74, 6) is -0.170. The molecule has 0 aromatic rings. The Balaban J connectivity index is 3.08. The van der Waals surface area contributed by atoms with Gasteiger partial charge in [0.1, 0.15) is 0 Å². The van der Waals surface area contributed by atoms with Crippen LogP contribution in [0.25, 0.3) is 0 Å². The predicted octanol–water partition coefficient (Wildman–Crippen LogP) is 0.349. The van der Waals surface area contributed by atoms with E-state index in [2.05, 4.69) is 12.1 Å². The summed E-state index contributed by atoms with van der Waals surface area (Å²) in [7, 11) is 0. The lowest BCUT2D eigenvalue weighted by molar-refractivity contribution is -0.133. The zero-order valence-electron chi connectivity index (χ0n) is 7.21. The number of nitrogens with one attached hydrogen (secondary N) is 1. The average molecular weight is 172 g/mol. The molecule has 4 nitrogen and oxygen atoms in total. The second-order valence-electron chi connectivity index (χ2n) is 2.34. The van der Waals surface area contributed by atoms with Crippen molar-refractivity contribution < 1.29 is 9.63 Å². The maximum Gasteiger partial charge on any atom is 0.244 e. The highest BCUT2D eigenvalue weighted by Gasteiger charge is 1.96. The van der Waals surface area contributed by atoms with Gasteiger partial charge >= 0.3 is 0 Å². The second-order valence-corrected chi connectivity index (χ2v) is 2.34. The molecule has 0 radical (unpaired) electrons. The highest BCUT2D eigenvalue weighted by molar-refractivity contribution is 5.74. The Morgan fingerprint density at radius 1 is 1.67 bits per heavy atom. The first-order chi connectivity index (χ1) is 5.81. The van der Waals surface area contributed by atoms with Gasteiger partial charge in [0.15, 0.2) is 0 Å². The second kappa shape index (κ2) is 8.23. The SMILES string of the molecule is C=CCCCONC(=O)CCN. The third-order valence-corrected chi connectivity index (χ3v) is 1.21. The lowest BCUT2D eigenvalue weighted by Crippen LogP contribution is -2.26. The Morgan fingerprint density at radius 3 is 3.00 bits per heavy atom. The molecule has 3 N–H and O–H groups in total. The van der Waals surface area contributed by atoms with Gasteiger partial charge in [-0.2, -0.15) is 0 Å². The maximum absolute atomic E-state index is 10.7. The minimum Gasteiger partial charge on any atom is -0.330 e. The molecule has 0 saturated heterocycles. The van der Waals surface area contributed by atoms with Crippen LogP contribution in [0, 0.1) is 0 Å². The number of amides is 1. The van der Waals surface area contributed by atoms with E-state index in [1.807, 2.05) is 6.08 Å². The molecular formula is C8H16N2O2. The Bertz CT molecular complexity index is 137. The number of hydrogen-bond donors (Lipinski definition) is 2. The number of nitrogens with two attached hydrogens (primary N) is 1. The molecular weight excluding hydrogens is 156 g/mol. The van der Waals surface area contributed by atoms with E-state index in [1.54, 1.807) is 0 Å². The molecule has 12 heavy (non-hydrogen) atoms. The lowest BCUT2D eigenvalue weighted by atomic mass is 10.3. The molecule has 0 bridgehead atoms. The lowest BCUT2D eigenvalue weighted by Gasteiger charge is -2.03. The number of carbonyl (C=O) groups is 1. The van der Waals surface area contributed by atoms with Gasteiger partial charge in [-0.25, -0.2) is 5.48 Å². The smallest absolute Gasteiger partial charge is 0.244 e. The van der Waals surface area contributed by atoms with Crippen LogP contribution in [-0.2, 0) is 9.63 Å². The van der Waals surface area contributed by atoms with Crippen LogP contribution in [0.15, 0.2) is 12.7 Å². The monoisotopic (exact) mass is 172 g/mol. The molecule has 0 aliphatic heterocycles. The van der Waals surface area contributed by atoms with Gasteiger partial charge in [-0.15, -0.1) is 6.58 Å². The van der Waals surface area contributed by atoms with Gasteiger partial charge in [0.05, 0.1) is 6.61 Å². The van der Waals surface area contributed by atoms with Crippen molar-refractivity contribution in [2.24, 2.45) is 5.73 Å². The van der Waals surface area contributed by atoms with Crippen LogP contribution in [0.2, 0.25) is 0 Å². The van der Waals surface area contributed by atoms with Crippen LogP contribution in [0.3, 0.4) is 0 Å².